The topological polar surface area (TPSA) is 38.9 Å². The molecule has 1 fully saturated rings. The Bertz CT molecular complexity index is 902. The Hall–Kier alpha value is -1.84. The molecule has 0 N–H and O–H groups in total. The van der Waals surface area contributed by atoms with Gasteiger partial charge in [-0.25, -0.2) is 0 Å². The van der Waals surface area contributed by atoms with Crippen LogP contribution in [0.4, 0.5) is 0 Å². The summed E-state index contributed by atoms with van der Waals surface area (Å²) < 4.78 is 5.52. The molecule has 2 aromatic carbocycles. The lowest BCUT2D eigenvalue weighted by Gasteiger charge is -2.38. The molecule has 0 aliphatic heterocycles. The summed E-state index contributed by atoms with van der Waals surface area (Å²) in [6.07, 6.45) is 8.13. The van der Waals surface area contributed by atoms with Gasteiger partial charge in [0.2, 0.25) is 11.7 Å². The molecule has 1 aliphatic carbocycles. The van der Waals surface area contributed by atoms with Gasteiger partial charge in [-0.3, -0.25) is 0 Å². The van der Waals surface area contributed by atoms with Crippen LogP contribution in [0, 0.1) is 0 Å². The van der Waals surface area contributed by atoms with Crippen LogP contribution in [0.5, 0.6) is 0 Å². The zero-order chi connectivity index (χ0) is 18.7. The number of halogens is 2. The summed E-state index contributed by atoms with van der Waals surface area (Å²) >= 11 is 12.2. The second-order valence-corrected chi connectivity index (χ2v) is 8.19. The third-order valence-corrected chi connectivity index (χ3v) is 6.20. The van der Waals surface area contributed by atoms with Crippen LogP contribution in [0.15, 0.2) is 53.1 Å². The molecule has 1 saturated carbocycles. The van der Waals surface area contributed by atoms with Crippen LogP contribution >= 0.6 is 23.2 Å². The molecule has 0 bridgehead atoms. The van der Waals surface area contributed by atoms with Crippen LogP contribution in [-0.4, -0.2) is 10.1 Å². The van der Waals surface area contributed by atoms with E-state index < -0.39 is 0 Å². The van der Waals surface area contributed by atoms with E-state index in [-0.39, 0.29) is 5.41 Å². The van der Waals surface area contributed by atoms with Gasteiger partial charge < -0.3 is 4.52 Å². The number of hydrogen-bond acceptors (Lipinski definition) is 3. The molecule has 3 nitrogen and oxygen atoms in total. The van der Waals surface area contributed by atoms with E-state index in [1.807, 2.05) is 6.07 Å². The van der Waals surface area contributed by atoms with Gasteiger partial charge >= 0.3 is 0 Å². The molecule has 3 aromatic rings. The number of aromatic nitrogens is 2. The molecule has 0 amide bonds. The van der Waals surface area contributed by atoms with Gasteiger partial charge in [0.05, 0.1) is 5.02 Å². The molecule has 5 heteroatoms. The first-order valence-electron chi connectivity index (χ1n) is 9.50. The van der Waals surface area contributed by atoms with Crippen LogP contribution < -0.4 is 0 Å². The fourth-order valence-electron chi connectivity index (χ4n) is 4.19. The highest BCUT2D eigenvalue weighted by molar-refractivity contribution is 6.36. The minimum atomic E-state index is 0.214. The standard InChI is InChI=1S/C22H22Cl2N2O/c23-17-9-10-18(19(24)15-17)21-25-20(27-26-21)11-14-22(12-5-2-6-13-22)16-7-3-1-4-8-16/h1,3-4,7-10,15H,2,5-6,11-14H2. The second kappa shape index (κ2) is 8.04. The van der Waals surface area contributed by atoms with Crippen LogP contribution in [0.25, 0.3) is 11.4 Å². The summed E-state index contributed by atoms with van der Waals surface area (Å²) in [7, 11) is 0. The van der Waals surface area contributed by atoms with Gasteiger partial charge in [-0.15, -0.1) is 0 Å². The molecular weight excluding hydrogens is 379 g/mol. The molecule has 0 unspecified atom stereocenters. The lowest BCUT2D eigenvalue weighted by atomic mass is 9.67. The van der Waals surface area contributed by atoms with Crippen molar-refractivity contribution in [2.24, 2.45) is 0 Å². The Kier molecular flexibility index (Phi) is 5.51. The molecule has 27 heavy (non-hydrogen) atoms. The number of benzene rings is 2. The van der Waals surface area contributed by atoms with Crippen LogP contribution in [0.3, 0.4) is 0 Å². The van der Waals surface area contributed by atoms with Gasteiger partial charge in [0.1, 0.15) is 0 Å². The Labute approximate surface area is 169 Å². The van der Waals surface area contributed by atoms with E-state index in [0.717, 1.165) is 18.4 Å². The first-order chi connectivity index (χ1) is 13.2. The monoisotopic (exact) mass is 400 g/mol. The first-order valence-corrected chi connectivity index (χ1v) is 10.3. The Morgan fingerprint density at radius 2 is 1.74 bits per heavy atom. The zero-order valence-electron chi connectivity index (χ0n) is 15.1. The Morgan fingerprint density at radius 1 is 0.963 bits per heavy atom. The van der Waals surface area contributed by atoms with Crippen molar-refractivity contribution in [2.45, 2.75) is 50.4 Å². The minimum absolute atomic E-state index is 0.214. The van der Waals surface area contributed by atoms with Crippen molar-refractivity contribution in [1.29, 1.82) is 0 Å². The fraction of sp³-hybridized carbons (Fsp3) is 0.364. The van der Waals surface area contributed by atoms with Gasteiger partial charge in [0.15, 0.2) is 0 Å². The molecule has 0 atom stereocenters. The van der Waals surface area contributed by atoms with Crippen molar-refractivity contribution < 1.29 is 4.52 Å². The van der Waals surface area contributed by atoms with E-state index >= 15 is 0 Å². The number of aryl methyl sites for hydroxylation is 1. The SMILES string of the molecule is Clc1ccc(-c2noc(CCC3(c4ccccc4)CCCCC3)n2)c(Cl)c1. The summed E-state index contributed by atoms with van der Waals surface area (Å²) in [5.74, 6) is 1.18. The van der Waals surface area contributed by atoms with Crippen molar-refractivity contribution >= 4 is 23.2 Å². The third kappa shape index (κ3) is 4.04. The van der Waals surface area contributed by atoms with Crippen LogP contribution in [-0.2, 0) is 11.8 Å². The largest absolute Gasteiger partial charge is 0.339 e. The molecule has 1 aromatic heterocycles. The minimum Gasteiger partial charge on any atom is -0.339 e. The van der Waals surface area contributed by atoms with Gasteiger partial charge in [0, 0.05) is 17.0 Å². The quantitative estimate of drug-likeness (QED) is 0.468. The molecule has 0 saturated heterocycles. The average molecular weight is 401 g/mol. The van der Waals surface area contributed by atoms with Crippen molar-refractivity contribution in [2.75, 3.05) is 0 Å². The van der Waals surface area contributed by atoms with Crippen molar-refractivity contribution in [3.05, 3.63) is 70.0 Å². The zero-order valence-corrected chi connectivity index (χ0v) is 16.6. The molecule has 1 heterocycles. The van der Waals surface area contributed by atoms with Gasteiger partial charge in [-0.1, -0.05) is 78.0 Å². The van der Waals surface area contributed by atoms with Crippen molar-refractivity contribution in [3.63, 3.8) is 0 Å². The van der Waals surface area contributed by atoms with Crippen LogP contribution in [0.2, 0.25) is 10.0 Å². The highest BCUT2D eigenvalue weighted by Crippen LogP contribution is 2.43. The molecule has 0 spiro atoms. The van der Waals surface area contributed by atoms with E-state index in [4.69, 9.17) is 27.7 Å². The van der Waals surface area contributed by atoms with Gasteiger partial charge in [-0.05, 0) is 48.4 Å². The highest BCUT2D eigenvalue weighted by Gasteiger charge is 2.34. The highest BCUT2D eigenvalue weighted by atomic mass is 35.5. The number of rotatable bonds is 5. The summed E-state index contributed by atoms with van der Waals surface area (Å²) in [4.78, 5) is 4.57. The molecular formula is C22H22Cl2N2O. The van der Waals surface area contributed by atoms with Crippen molar-refractivity contribution in [1.82, 2.24) is 10.1 Å². The molecule has 0 radical (unpaired) electrons. The predicted molar refractivity (Wildman–Crippen MR) is 109 cm³/mol. The van der Waals surface area contributed by atoms with E-state index in [9.17, 15) is 0 Å². The van der Waals surface area contributed by atoms with Gasteiger partial charge in [0.25, 0.3) is 0 Å². The third-order valence-electron chi connectivity index (χ3n) is 5.65. The smallest absolute Gasteiger partial charge is 0.226 e. The number of hydrogen-bond donors (Lipinski definition) is 0. The van der Waals surface area contributed by atoms with Crippen molar-refractivity contribution in [3.8, 4) is 11.4 Å². The molecule has 4 rings (SSSR count). The summed E-state index contributed by atoms with van der Waals surface area (Å²) in [6, 6.07) is 16.2. The van der Waals surface area contributed by atoms with Crippen LogP contribution in [0.1, 0.15) is 50.0 Å². The first kappa shape index (κ1) is 18.5. The van der Waals surface area contributed by atoms with E-state index in [1.165, 1.54) is 37.7 Å². The maximum absolute atomic E-state index is 6.27. The van der Waals surface area contributed by atoms with E-state index in [0.29, 0.717) is 21.8 Å². The Morgan fingerprint density at radius 3 is 2.48 bits per heavy atom. The predicted octanol–water partition coefficient (Wildman–Crippen LogP) is 6.88. The fourth-order valence-corrected chi connectivity index (χ4v) is 4.68. The summed E-state index contributed by atoms with van der Waals surface area (Å²) in [6.45, 7) is 0. The summed E-state index contributed by atoms with van der Waals surface area (Å²) in [5.41, 5.74) is 2.39. The maximum Gasteiger partial charge on any atom is 0.226 e. The summed E-state index contributed by atoms with van der Waals surface area (Å²) in [5, 5.41) is 5.25. The van der Waals surface area contributed by atoms with Gasteiger partial charge in [-0.2, -0.15) is 4.98 Å². The Balaban J connectivity index is 1.53. The van der Waals surface area contributed by atoms with E-state index in [1.54, 1.807) is 12.1 Å². The number of nitrogens with zero attached hydrogens (tertiary/aromatic N) is 2. The lowest BCUT2D eigenvalue weighted by molar-refractivity contribution is 0.261. The average Bonchev–Trinajstić information content (AvgIpc) is 3.17. The molecule has 140 valence electrons. The maximum atomic E-state index is 6.27. The lowest BCUT2D eigenvalue weighted by Crippen LogP contribution is -2.29. The molecule has 1 aliphatic rings. The second-order valence-electron chi connectivity index (χ2n) is 7.34. The normalized spacial score (nSPS) is 16.4. The van der Waals surface area contributed by atoms with E-state index in [2.05, 4.69) is 40.5 Å².